The smallest absolute Gasteiger partial charge is 0.337 e. The summed E-state index contributed by atoms with van der Waals surface area (Å²) in [5.41, 5.74) is 5.14. The Bertz CT molecular complexity index is 1330. The summed E-state index contributed by atoms with van der Waals surface area (Å²) in [4.78, 5) is 23.8. The number of hydrogen-bond donors (Lipinski definition) is 1. The normalized spacial score (nSPS) is 11.0. The molecular formula is C25H19ClN2O5. The molecule has 33 heavy (non-hydrogen) atoms. The predicted octanol–water partition coefficient (Wildman–Crippen LogP) is 5.22. The van der Waals surface area contributed by atoms with Crippen LogP contribution in [-0.4, -0.2) is 25.2 Å². The molecule has 0 unspecified atom stereocenters. The van der Waals surface area contributed by atoms with Crippen LogP contribution in [0.25, 0.3) is 11.0 Å². The minimum Gasteiger partial charge on any atom is -0.489 e. The van der Waals surface area contributed by atoms with Gasteiger partial charge in [-0.2, -0.15) is 5.10 Å². The molecule has 7 nitrogen and oxygen atoms in total. The van der Waals surface area contributed by atoms with Gasteiger partial charge in [-0.15, -0.1) is 0 Å². The highest BCUT2D eigenvalue weighted by atomic mass is 35.5. The largest absolute Gasteiger partial charge is 0.489 e. The SMILES string of the molecule is COC(=O)c1ccc(COc2cccc(C=NNC(=O)c3cc4cc(Cl)ccc4o3)c2)cc1. The van der Waals surface area contributed by atoms with E-state index in [0.29, 0.717) is 28.5 Å². The number of carbonyl (C=O) groups is 2. The fourth-order valence-corrected chi connectivity index (χ4v) is 3.23. The van der Waals surface area contributed by atoms with Gasteiger partial charge < -0.3 is 13.9 Å². The Morgan fingerprint density at radius 3 is 2.67 bits per heavy atom. The molecule has 0 saturated carbocycles. The first-order chi connectivity index (χ1) is 16.0. The van der Waals surface area contributed by atoms with Gasteiger partial charge >= 0.3 is 11.9 Å². The summed E-state index contributed by atoms with van der Waals surface area (Å²) in [5.74, 6) is -0.0798. The molecule has 0 aliphatic rings. The second-order valence-corrected chi connectivity index (χ2v) is 7.48. The number of ether oxygens (including phenoxy) is 2. The van der Waals surface area contributed by atoms with Crippen LogP contribution >= 0.6 is 11.6 Å². The topological polar surface area (TPSA) is 90.1 Å². The van der Waals surface area contributed by atoms with Gasteiger partial charge in [0.1, 0.15) is 17.9 Å². The first-order valence-corrected chi connectivity index (χ1v) is 10.3. The van der Waals surface area contributed by atoms with Crippen molar-refractivity contribution in [3.63, 3.8) is 0 Å². The number of halogens is 1. The van der Waals surface area contributed by atoms with Crippen LogP contribution in [0, 0.1) is 0 Å². The standard InChI is InChI=1S/C25H19ClN2O5/c1-31-25(30)18-7-5-16(6-8-18)15-32-21-4-2-3-17(11-21)14-27-28-24(29)23-13-19-12-20(26)9-10-22(19)33-23/h2-14H,15H2,1H3,(H,28,29). The summed E-state index contributed by atoms with van der Waals surface area (Å²) in [7, 11) is 1.34. The van der Waals surface area contributed by atoms with Gasteiger partial charge in [-0.05, 0) is 59.7 Å². The van der Waals surface area contributed by atoms with Crippen molar-refractivity contribution in [3.05, 3.63) is 100 Å². The van der Waals surface area contributed by atoms with Gasteiger partial charge in [0.15, 0.2) is 5.76 Å². The molecule has 166 valence electrons. The molecule has 0 aliphatic heterocycles. The molecular weight excluding hydrogens is 444 g/mol. The monoisotopic (exact) mass is 462 g/mol. The van der Waals surface area contributed by atoms with Gasteiger partial charge in [0.2, 0.25) is 0 Å². The second kappa shape index (κ2) is 10.0. The first-order valence-electron chi connectivity index (χ1n) is 9.94. The summed E-state index contributed by atoms with van der Waals surface area (Å²) >= 11 is 5.96. The van der Waals surface area contributed by atoms with Crippen molar-refractivity contribution in [3.8, 4) is 5.75 Å². The van der Waals surface area contributed by atoms with Gasteiger partial charge in [-0.25, -0.2) is 10.2 Å². The third kappa shape index (κ3) is 5.58. The highest BCUT2D eigenvalue weighted by molar-refractivity contribution is 6.31. The molecule has 0 spiro atoms. The van der Waals surface area contributed by atoms with Crippen LogP contribution in [0.15, 0.2) is 82.3 Å². The van der Waals surface area contributed by atoms with Crippen molar-refractivity contribution in [2.75, 3.05) is 7.11 Å². The quantitative estimate of drug-likeness (QED) is 0.231. The van der Waals surface area contributed by atoms with Crippen LogP contribution in [0.4, 0.5) is 0 Å². The van der Waals surface area contributed by atoms with E-state index in [2.05, 4.69) is 15.3 Å². The molecule has 0 aliphatic carbocycles. The van der Waals surface area contributed by atoms with Crippen molar-refractivity contribution in [1.82, 2.24) is 5.43 Å². The number of nitrogens with one attached hydrogen (secondary N) is 1. The highest BCUT2D eigenvalue weighted by Gasteiger charge is 2.11. The van der Waals surface area contributed by atoms with Crippen LogP contribution < -0.4 is 10.2 Å². The Morgan fingerprint density at radius 1 is 1.06 bits per heavy atom. The van der Waals surface area contributed by atoms with E-state index < -0.39 is 5.91 Å². The number of esters is 1. The van der Waals surface area contributed by atoms with Crippen LogP contribution in [0.5, 0.6) is 5.75 Å². The zero-order valence-corrected chi connectivity index (χ0v) is 18.3. The van der Waals surface area contributed by atoms with Crippen molar-refractivity contribution in [2.45, 2.75) is 6.61 Å². The number of furan rings is 1. The Balaban J connectivity index is 1.34. The van der Waals surface area contributed by atoms with E-state index >= 15 is 0 Å². The lowest BCUT2D eigenvalue weighted by atomic mass is 10.1. The van der Waals surface area contributed by atoms with E-state index in [1.165, 1.54) is 13.3 Å². The number of benzene rings is 3. The highest BCUT2D eigenvalue weighted by Crippen LogP contribution is 2.23. The number of hydrazone groups is 1. The number of nitrogens with zero attached hydrogens (tertiary/aromatic N) is 1. The van der Waals surface area contributed by atoms with E-state index in [-0.39, 0.29) is 11.7 Å². The van der Waals surface area contributed by atoms with E-state index in [1.807, 2.05) is 18.2 Å². The van der Waals surface area contributed by atoms with Gasteiger partial charge in [-0.1, -0.05) is 35.9 Å². The minimum absolute atomic E-state index is 0.139. The molecule has 3 aromatic carbocycles. The summed E-state index contributed by atoms with van der Waals surface area (Å²) in [6, 6.07) is 21.0. The number of carbonyl (C=O) groups excluding carboxylic acids is 2. The van der Waals surface area contributed by atoms with Crippen molar-refractivity contribution < 1.29 is 23.5 Å². The molecule has 1 N–H and O–H groups in total. The zero-order valence-electron chi connectivity index (χ0n) is 17.6. The Morgan fingerprint density at radius 2 is 1.88 bits per heavy atom. The molecule has 0 bridgehead atoms. The third-order valence-electron chi connectivity index (χ3n) is 4.72. The lowest BCUT2D eigenvalue weighted by Crippen LogP contribution is -2.16. The van der Waals surface area contributed by atoms with Gasteiger partial charge in [0.25, 0.3) is 0 Å². The van der Waals surface area contributed by atoms with E-state index in [0.717, 1.165) is 16.5 Å². The van der Waals surface area contributed by atoms with Crippen molar-refractivity contribution in [2.24, 2.45) is 5.10 Å². The lowest BCUT2D eigenvalue weighted by molar-refractivity contribution is 0.0600. The summed E-state index contributed by atoms with van der Waals surface area (Å²) < 4.78 is 16.0. The molecule has 0 saturated heterocycles. The number of fused-ring (bicyclic) bond motifs is 1. The van der Waals surface area contributed by atoms with Crippen LogP contribution in [0.2, 0.25) is 5.02 Å². The van der Waals surface area contributed by atoms with Gasteiger partial charge in [0.05, 0.1) is 18.9 Å². The Kier molecular flexibility index (Phi) is 6.71. The molecule has 4 rings (SSSR count). The minimum atomic E-state index is -0.471. The fourth-order valence-electron chi connectivity index (χ4n) is 3.05. The van der Waals surface area contributed by atoms with Crippen LogP contribution in [-0.2, 0) is 11.3 Å². The van der Waals surface area contributed by atoms with Crippen LogP contribution in [0.1, 0.15) is 32.0 Å². The molecule has 4 aromatic rings. The van der Waals surface area contributed by atoms with Gasteiger partial charge in [-0.3, -0.25) is 4.79 Å². The molecule has 0 radical (unpaired) electrons. The maximum atomic E-state index is 12.3. The van der Waals surface area contributed by atoms with Crippen molar-refractivity contribution >= 4 is 40.7 Å². The van der Waals surface area contributed by atoms with Gasteiger partial charge in [0, 0.05) is 10.4 Å². The van der Waals surface area contributed by atoms with Crippen LogP contribution in [0.3, 0.4) is 0 Å². The molecule has 1 heterocycles. The predicted molar refractivity (Wildman–Crippen MR) is 125 cm³/mol. The lowest BCUT2D eigenvalue weighted by Gasteiger charge is -2.07. The fraction of sp³-hybridized carbons (Fsp3) is 0.0800. The average Bonchev–Trinajstić information content (AvgIpc) is 3.26. The third-order valence-corrected chi connectivity index (χ3v) is 4.96. The summed E-state index contributed by atoms with van der Waals surface area (Å²) in [5, 5.41) is 5.29. The Labute approximate surface area is 194 Å². The number of methoxy groups -OCH3 is 1. The Hall–Kier alpha value is -4.10. The maximum Gasteiger partial charge on any atom is 0.337 e. The molecule has 0 atom stereocenters. The first kappa shape index (κ1) is 22.1. The van der Waals surface area contributed by atoms with E-state index in [4.69, 9.17) is 20.8 Å². The second-order valence-electron chi connectivity index (χ2n) is 7.04. The average molecular weight is 463 g/mol. The van der Waals surface area contributed by atoms with Crippen molar-refractivity contribution in [1.29, 1.82) is 0 Å². The number of hydrogen-bond acceptors (Lipinski definition) is 6. The number of amides is 1. The summed E-state index contributed by atoms with van der Waals surface area (Å²) in [6.45, 7) is 0.328. The number of rotatable bonds is 7. The maximum absolute atomic E-state index is 12.3. The molecule has 1 aromatic heterocycles. The summed E-state index contributed by atoms with van der Waals surface area (Å²) in [6.07, 6.45) is 1.51. The molecule has 0 fully saturated rings. The molecule has 1 amide bonds. The molecule has 8 heteroatoms. The van der Waals surface area contributed by atoms with E-state index in [1.54, 1.807) is 54.6 Å². The van der Waals surface area contributed by atoms with E-state index in [9.17, 15) is 9.59 Å². The zero-order chi connectivity index (χ0) is 23.2.